The van der Waals surface area contributed by atoms with Crippen LogP contribution in [0.2, 0.25) is 0 Å². The third-order valence-electron chi connectivity index (χ3n) is 4.34. The van der Waals surface area contributed by atoms with Crippen molar-refractivity contribution in [2.24, 2.45) is 0 Å². The van der Waals surface area contributed by atoms with Crippen LogP contribution in [0.25, 0.3) is 0 Å². The molecule has 0 atom stereocenters. The number of amides is 2. The minimum Gasteiger partial charge on any atom is -0.497 e. The number of nitrogens with zero attached hydrogens (tertiary/aromatic N) is 3. The van der Waals surface area contributed by atoms with Crippen LogP contribution in [0.5, 0.6) is 5.75 Å². The summed E-state index contributed by atoms with van der Waals surface area (Å²) in [4.78, 5) is 32.8. The monoisotopic (exact) mass is 354 g/mol. The number of hydrogen-bond acceptors (Lipinski definition) is 5. The van der Waals surface area contributed by atoms with Gasteiger partial charge in [-0.3, -0.25) is 9.59 Å². The van der Waals surface area contributed by atoms with Gasteiger partial charge in [0, 0.05) is 37.9 Å². The van der Waals surface area contributed by atoms with E-state index in [-0.39, 0.29) is 18.4 Å². The van der Waals surface area contributed by atoms with E-state index in [1.807, 2.05) is 18.2 Å². The summed E-state index contributed by atoms with van der Waals surface area (Å²) < 4.78 is 5.11. The van der Waals surface area contributed by atoms with E-state index >= 15 is 0 Å². The highest BCUT2D eigenvalue weighted by Crippen LogP contribution is 2.13. The van der Waals surface area contributed by atoms with E-state index in [1.165, 1.54) is 0 Å². The second-order valence-corrected chi connectivity index (χ2v) is 5.97. The number of piperazine rings is 1. The molecule has 1 fully saturated rings. The largest absolute Gasteiger partial charge is 0.497 e. The van der Waals surface area contributed by atoms with E-state index in [0.717, 1.165) is 18.9 Å². The number of rotatable bonds is 5. The first-order chi connectivity index (χ1) is 12.7. The molecule has 0 bridgehead atoms. The van der Waals surface area contributed by atoms with Crippen molar-refractivity contribution in [1.82, 2.24) is 15.2 Å². The van der Waals surface area contributed by atoms with E-state index in [9.17, 15) is 9.59 Å². The number of carbonyl (C=O) groups excluding carboxylic acids is 2. The number of aromatic nitrogens is 1. The Hall–Kier alpha value is -3.09. The van der Waals surface area contributed by atoms with Crippen LogP contribution in [0.1, 0.15) is 10.4 Å². The smallest absolute Gasteiger partial charge is 0.251 e. The number of anilines is 1. The Labute approximate surface area is 152 Å². The molecule has 0 unspecified atom stereocenters. The molecule has 3 rings (SSSR count). The highest BCUT2D eigenvalue weighted by molar-refractivity contribution is 5.96. The maximum absolute atomic E-state index is 12.4. The number of benzene rings is 1. The summed E-state index contributed by atoms with van der Waals surface area (Å²) in [6, 6.07) is 12.6. The van der Waals surface area contributed by atoms with Crippen LogP contribution in [-0.4, -0.2) is 61.5 Å². The summed E-state index contributed by atoms with van der Waals surface area (Å²) in [5.41, 5.74) is 0.470. The lowest BCUT2D eigenvalue weighted by Crippen LogP contribution is -2.51. The molecule has 136 valence electrons. The molecule has 0 spiro atoms. The Morgan fingerprint density at radius 3 is 2.62 bits per heavy atom. The predicted molar refractivity (Wildman–Crippen MR) is 98.4 cm³/mol. The van der Waals surface area contributed by atoms with E-state index in [1.54, 1.807) is 42.5 Å². The van der Waals surface area contributed by atoms with Gasteiger partial charge in [-0.25, -0.2) is 4.98 Å². The minimum absolute atomic E-state index is 0.0143. The molecule has 1 saturated heterocycles. The molecule has 1 N–H and O–H groups in total. The first-order valence-electron chi connectivity index (χ1n) is 8.53. The lowest BCUT2D eigenvalue weighted by atomic mass is 10.2. The number of methoxy groups -OCH3 is 1. The highest BCUT2D eigenvalue weighted by atomic mass is 16.5. The number of hydrogen-bond donors (Lipinski definition) is 1. The lowest BCUT2D eigenvalue weighted by Gasteiger charge is -2.35. The average Bonchev–Trinajstić information content (AvgIpc) is 2.72. The van der Waals surface area contributed by atoms with Crippen LogP contribution in [0, 0.1) is 0 Å². The van der Waals surface area contributed by atoms with Crippen molar-refractivity contribution in [3.8, 4) is 5.75 Å². The molecule has 1 aromatic heterocycles. The normalized spacial score (nSPS) is 14.0. The topological polar surface area (TPSA) is 74.8 Å². The minimum atomic E-state index is -0.288. The van der Waals surface area contributed by atoms with Crippen LogP contribution >= 0.6 is 0 Å². The molecule has 7 heteroatoms. The Morgan fingerprint density at radius 2 is 1.92 bits per heavy atom. The maximum Gasteiger partial charge on any atom is 0.251 e. The third kappa shape index (κ3) is 4.30. The van der Waals surface area contributed by atoms with Gasteiger partial charge in [0.1, 0.15) is 11.6 Å². The Balaban J connectivity index is 1.47. The van der Waals surface area contributed by atoms with Gasteiger partial charge in [0.25, 0.3) is 5.91 Å². The number of carbonyl (C=O) groups is 2. The van der Waals surface area contributed by atoms with Gasteiger partial charge in [0.2, 0.25) is 5.91 Å². The van der Waals surface area contributed by atoms with Crippen molar-refractivity contribution in [1.29, 1.82) is 0 Å². The fourth-order valence-corrected chi connectivity index (χ4v) is 2.86. The molecule has 1 aliphatic heterocycles. The first-order valence-corrected chi connectivity index (χ1v) is 8.53. The van der Waals surface area contributed by atoms with Gasteiger partial charge in [-0.15, -0.1) is 0 Å². The summed E-state index contributed by atoms with van der Waals surface area (Å²) in [6.45, 7) is 2.67. The zero-order valence-electron chi connectivity index (χ0n) is 14.7. The van der Waals surface area contributed by atoms with Crippen LogP contribution < -0.4 is 15.0 Å². The third-order valence-corrected chi connectivity index (χ3v) is 4.34. The maximum atomic E-state index is 12.4. The number of ether oxygens (including phenoxy) is 1. The van der Waals surface area contributed by atoms with Gasteiger partial charge in [0.15, 0.2) is 0 Å². The van der Waals surface area contributed by atoms with Crippen LogP contribution in [-0.2, 0) is 4.79 Å². The Morgan fingerprint density at radius 1 is 1.12 bits per heavy atom. The van der Waals surface area contributed by atoms with Gasteiger partial charge >= 0.3 is 0 Å². The Kier molecular flexibility index (Phi) is 5.68. The van der Waals surface area contributed by atoms with Gasteiger partial charge in [-0.1, -0.05) is 12.1 Å². The van der Waals surface area contributed by atoms with Crippen LogP contribution in [0.3, 0.4) is 0 Å². The molecule has 0 radical (unpaired) electrons. The summed E-state index contributed by atoms with van der Waals surface area (Å²) in [6.07, 6.45) is 1.76. The number of nitrogens with one attached hydrogen (secondary N) is 1. The van der Waals surface area contributed by atoms with Gasteiger partial charge in [0.05, 0.1) is 13.7 Å². The summed E-state index contributed by atoms with van der Waals surface area (Å²) >= 11 is 0. The Bertz CT molecular complexity index is 758. The van der Waals surface area contributed by atoms with Crippen molar-refractivity contribution < 1.29 is 14.3 Å². The highest BCUT2D eigenvalue weighted by Gasteiger charge is 2.22. The quantitative estimate of drug-likeness (QED) is 0.872. The summed E-state index contributed by atoms with van der Waals surface area (Å²) in [5, 5.41) is 2.68. The second kappa shape index (κ2) is 8.33. The standard InChI is InChI=1S/C19H22N4O3/c1-26-16-6-4-5-15(13-16)19(25)21-14-18(24)23-11-9-22(10-12-23)17-7-2-3-8-20-17/h2-8,13H,9-12,14H2,1H3,(H,21,25). The van der Waals surface area contributed by atoms with E-state index in [4.69, 9.17) is 4.74 Å². The van der Waals surface area contributed by atoms with E-state index < -0.39 is 0 Å². The van der Waals surface area contributed by atoms with Gasteiger partial charge in [-0.05, 0) is 30.3 Å². The summed E-state index contributed by atoms with van der Waals surface area (Å²) in [7, 11) is 1.55. The molecular weight excluding hydrogens is 332 g/mol. The van der Waals surface area contributed by atoms with Gasteiger partial charge in [-0.2, -0.15) is 0 Å². The lowest BCUT2D eigenvalue weighted by molar-refractivity contribution is -0.130. The molecule has 2 amide bonds. The predicted octanol–water partition coefficient (Wildman–Crippen LogP) is 1.17. The molecule has 0 aliphatic carbocycles. The second-order valence-electron chi connectivity index (χ2n) is 5.97. The first kappa shape index (κ1) is 17.7. The zero-order chi connectivity index (χ0) is 18.4. The van der Waals surface area contributed by atoms with Crippen molar-refractivity contribution >= 4 is 17.6 Å². The summed E-state index contributed by atoms with van der Waals surface area (Å²) in [5.74, 6) is 1.16. The van der Waals surface area contributed by atoms with Crippen molar-refractivity contribution in [3.63, 3.8) is 0 Å². The van der Waals surface area contributed by atoms with Crippen LogP contribution in [0.4, 0.5) is 5.82 Å². The van der Waals surface area contributed by atoms with E-state index in [0.29, 0.717) is 24.4 Å². The molecule has 2 aromatic rings. The fourth-order valence-electron chi connectivity index (χ4n) is 2.86. The molecule has 1 aliphatic rings. The molecule has 2 heterocycles. The molecule has 26 heavy (non-hydrogen) atoms. The average molecular weight is 354 g/mol. The van der Waals surface area contributed by atoms with E-state index in [2.05, 4.69) is 15.2 Å². The molecule has 0 saturated carbocycles. The fraction of sp³-hybridized carbons (Fsp3) is 0.316. The molecule has 1 aromatic carbocycles. The van der Waals surface area contributed by atoms with Crippen molar-refractivity contribution in [3.05, 3.63) is 54.2 Å². The van der Waals surface area contributed by atoms with Crippen molar-refractivity contribution in [2.45, 2.75) is 0 Å². The zero-order valence-corrected chi connectivity index (χ0v) is 14.7. The SMILES string of the molecule is COc1cccc(C(=O)NCC(=O)N2CCN(c3ccccn3)CC2)c1. The van der Waals surface area contributed by atoms with Crippen LogP contribution in [0.15, 0.2) is 48.7 Å². The molecular formula is C19H22N4O3. The number of pyridine rings is 1. The van der Waals surface area contributed by atoms with Gasteiger partial charge < -0.3 is 19.9 Å². The molecule has 7 nitrogen and oxygen atoms in total. The van der Waals surface area contributed by atoms with Crippen molar-refractivity contribution in [2.75, 3.05) is 44.7 Å².